The lowest BCUT2D eigenvalue weighted by Crippen LogP contribution is -2.52. The highest BCUT2D eigenvalue weighted by atomic mass is 32.1. The molecular formula is C19H16N4O2S. The summed E-state index contributed by atoms with van der Waals surface area (Å²) in [5.74, 6) is -0.928. The van der Waals surface area contributed by atoms with Crippen LogP contribution in [0.4, 0.5) is 0 Å². The van der Waals surface area contributed by atoms with E-state index in [-0.39, 0.29) is 10.7 Å². The van der Waals surface area contributed by atoms with Gasteiger partial charge in [0.25, 0.3) is 11.8 Å². The number of amides is 2. The second kappa shape index (κ2) is 6.58. The Balaban J connectivity index is 2.05. The first-order valence-corrected chi connectivity index (χ1v) is 8.29. The van der Waals surface area contributed by atoms with Gasteiger partial charge in [0.05, 0.1) is 11.6 Å². The van der Waals surface area contributed by atoms with Crippen molar-refractivity contribution in [2.45, 2.75) is 13.8 Å². The molecule has 0 spiro atoms. The summed E-state index contributed by atoms with van der Waals surface area (Å²) in [5, 5.41) is 11.5. The Kier molecular flexibility index (Phi) is 4.45. The quantitative estimate of drug-likeness (QED) is 0.504. The van der Waals surface area contributed by atoms with Gasteiger partial charge in [-0.1, -0.05) is 0 Å². The van der Waals surface area contributed by atoms with Crippen LogP contribution in [0.2, 0.25) is 0 Å². The van der Waals surface area contributed by atoms with Gasteiger partial charge in [0, 0.05) is 24.1 Å². The molecule has 1 aromatic heterocycles. The Hall–Kier alpha value is -3.24. The van der Waals surface area contributed by atoms with Crippen molar-refractivity contribution >= 4 is 35.2 Å². The Morgan fingerprint density at radius 3 is 2.46 bits per heavy atom. The zero-order valence-electron chi connectivity index (χ0n) is 14.5. The monoisotopic (exact) mass is 364 g/mol. The molecule has 0 bridgehead atoms. The molecule has 1 aromatic carbocycles. The minimum absolute atomic E-state index is 0.0428. The molecule has 1 fully saturated rings. The predicted octanol–water partition coefficient (Wildman–Crippen LogP) is 2.22. The van der Waals surface area contributed by atoms with Crippen molar-refractivity contribution in [3.8, 4) is 11.8 Å². The minimum atomic E-state index is -0.499. The molecule has 2 heterocycles. The van der Waals surface area contributed by atoms with Gasteiger partial charge in [-0.2, -0.15) is 5.26 Å². The fraction of sp³-hybridized carbons (Fsp3) is 0.158. The first-order chi connectivity index (χ1) is 12.3. The van der Waals surface area contributed by atoms with Crippen LogP contribution in [0.3, 0.4) is 0 Å². The number of benzene rings is 1. The van der Waals surface area contributed by atoms with E-state index in [9.17, 15) is 9.59 Å². The van der Waals surface area contributed by atoms with Crippen molar-refractivity contribution < 1.29 is 9.59 Å². The van der Waals surface area contributed by atoms with Gasteiger partial charge in [0.15, 0.2) is 5.11 Å². The van der Waals surface area contributed by atoms with Crippen LogP contribution < -0.4 is 5.32 Å². The van der Waals surface area contributed by atoms with Gasteiger partial charge in [-0.25, -0.2) is 0 Å². The molecule has 1 saturated heterocycles. The van der Waals surface area contributed by atoms with Crippen molar-refractivity contribution in [3.63, 3.8) is 0 Å². The molecule has 0 saturated carbocycles. The molecule has 1 N–H and O–H groups in total. The third kappa shape index (κ3) is 2.91. The van der Waals surface area contributed by atoms with Crippen LogP contribution in [0.1, 0.15) is 22.5 Å². The summed E-state index contributed by atoms with van der Waals surface area (Å²) in [6, 6.07) is 11.2. The van der Waals surface area contributed by atoms with Gasteiger partial charge in [0.1, 0.15) is 5.57 Å². The van der Waals surface area contributed by atoms with Crippen molar-refractivity contribution in [1.82, 2.24) is 14.8 Å². The number of likely N-dealkylation sites (N-methyl/N-ethyl adjacent to an activating group) is 1. The molecule has 0 unspecified atom stereocenters. The number of aryl methyl sites for hydroxylation is 1. The molecule has 130 valence electrons. The Bertz CT molecular complexity index is 1010. The smallest absolute Gasteiger partial charge is 0.265 e. The highest BCUT2D eigenvalue weighted by molar-refractivity contribution is 7.80. The third-order valence-electron chi connectivity index (χ3n) is 4.33. The molecule has 2 amide bonds. The summed E-state index contributed by atoms with van der Waals surface area (Å²) in [6.07, 6.45) is 1.58. The normalized spacial score (nSPS) is 16.0. The van der Waals surface area contributed by atoms with E-state index in [0.29, 0.717) is 5.56 Å². The highest BCUT2D eigenvalue weighted by Gasteiger charge is 2.31. The van der Waals surface area contributed by atoms with Gasteiger partial charge in [-0.15, -0.1) is 0 Å². The molecule has 0 radical (unpaired) electrons. The van der Waals surface area contributed by atoms with Gasteiger partial charge in [0.2, 0.25) is 0 Å². The minimum Gasteiger partial charge on any atom is -0.318 e. The average Bonchev–Trinajstić information content (AvgIpc) is 2.90. The number of aromatic nitrogens is 1. The summed E-state index contributed by atoms with van der Waals surface area (Å²) in [6.45, 7) is 3.86. The maximum Gasteiger partial charge on any atom is 0.265 e. The number of nitrogens with one attached hydrogen (secondary N) is 1. The fourth-order valence-electron chi connectivity index (χ4n) is 2.92. The van der Waals surface area contributed by atoms with Gasteiger partial charge in [-0.3, -0.25) is 19.8 Å². The van der Waals surface area contributed by atoms with E-state index < -0.39 is 11.8 Å². The van der Waals surface area contributed by atoms with E-state index in [4.69, 9.17) is 17.5 Å². The Morgan fingerprint density at radius 2 is 1.85 bits per heavy atom. The van der Waals surface area contributed by atoms with Gasteiger partial charge in [-0.05, 0) is 68.0 Å². The first-order valence-electron chi connectivity index (χ1n) is 7.88. The van der Waals surface area contributed by atoms with Crippen LogP contribution in [-0.4, -0.2) is 33.4 Å². The zero-order valence-corrected chi connectivity index (χ0v) is 15.3. The number of rotatable bonds is 2. The zero-order chi connectivity index (χ0) is 19.0. The molecule has 0 aliphatic carbocycles. The van der Waals surface area contributed by atoms with E-state index in [1.165, 1.54) is 11.9 Å². The standard InChI is InChI=1S/C19H16N4O2S/c1-11-8-14(9-16-17(24)21-19(26)22(3)18(16)25)12(2)23(11)15-6-4-13(10-20)5-7-15/h4-9H,1-3H3,(H,21,24,26)/b16-9+. The second-order valence-corrected chi connectivity index (χ2v) is 6.39. The van der Waals surface area contributed by atoms with Crippen molar-refractivity contribution in [1.29, 1.82) is 5.26 Å². The third-order valence-corrected chi connectivity index (χ3v) is 4.71. The summed E-state index contributed by atoms with van der Waals surface area (Å²) < 4.78 is 2.01. The topological polar surface area (TPSA) is 78.1 Å². The fourth-order valence-corrected chi connectivity index (χ4v) is 3.09. The predicted molar refractivity (Wildman–Crippen MR) is 101 cm³/mol. The lowest BCUT2D eigenvalue weighted by molar-refractivity contribution is -0.128. The molecule has 26 heavy (non-hydrogen) atoms. The summed E-state index contributed by atoms with van der Waals surface area (Å²) in [4.78, 5) is 25.8. The maximum absolute atomic E-state index is 12.4. The van der Waals surface area contributed by atoms with Gasteiger partial charge >= 0.3 is 0 Å². The molecule has 0 atom stereocenters. The summed E-state index contributed by atoms with van der Waals surface area (Å²) in [7, 11) is 1.53. The number of nitriles is 1. The van der Waals surface area contributed by atoms with Crippen molar-refractivity contribution in [3.05, 3.63) is 58.4 Å². The maximum atomic E-state index is 12.4. The van der Waals surface area contributed by atoms with E-state index in [1.54, 1.807) is 18.2 Å². The SMILES string of the molecule is Cc1cc(/C=C2\C(=O)NC(=S)N(C)C2=O)c(C)n1-c1ccc(C#N)cc1. The number of carbonyl (C=O) groups is 2. The summed E-state index contributed by atoms with van der Waals surface area (Å²) in [5.41, 5.74) is 4.14. The van der Waals surface area contributed by atoms with E-state index in [2.05, 4.69) is 11.4 Å². The molecule has 2 aromatic rings. The van der Waals surface area contributed by atoms with Crippen molar-refractivity contribution in [2.24, 2.45) is 0 Å². The Labute approximate surface area is 156 Å². The summed E-state index contributed by atoms with van der Waals surface area (Å²) >= 11 is 4.95. The van der Waals surface area contributed by atoms with Crippen LogP contribution >= 0.6 is 12.2 Å². The number of hydrogen-bond donors (Lipinski definition) is 1. The molecular weight excluding hydrogens is 348 g/mol. The van der Waals surface area contributed by atoms with Gasteiger partial charge < -0.3 is 4.57 Å². The molecule has 6 nitrogen and oxygen atoms in total. The number of carbonyl (C=O) groups excluding carboxylic acids is 2. The van der Waals surface area contributed by atoms with E-state index in [1.807, 2.05) is 36.6 Å². The largest absolute Gasteiger partial charge is 0.318 e. The van der Waals surface area contributed by atoms with Crippen LogP contribution in [-0.2, 0) is 9.59 Å². The lowest BCUT2D eigenvalue weighted by atomic mass is 10.1. The molecule has 1 aliphatic heterocycles. The number of hydrogen-bond acceptors (Lipinski definition) is 4. The Morgan fingerprint density at radius 1 is 1.19 bits per heavy atom. The van der Waals surface area contributed by atoms with Crippen LogP contribution in [0.25, 0.3) is 11.8 Å². The van der Waals surface area contributed by atoms with Crippen LogP contribution in [0.15, 0.2) is 35.9 Å². The number of thiocarbonyl (C=S) groups is 1. The molecule has 3 rings (SSSR count). The van der Waals surface area contributed by atoms with Crippen LogP contribution in [0, 0.1) is 25.2 Å². The second-order valence-electron chi connectivity index (χ2n) is 6.00. The molecule has 1 aliphatic rings. The van der Waals surface area contributed by atoms with E-state index >= 15 is 0 Å². The van der Waals surface area contributed by atoms with Crippen LogP contribution in [0.5, 0.6) is 0 Å². The lowest BCUT2D eigenvalue weighted by Gasteiger charge is -2.25. The average molecular weight is 364 g/mol. The van der Waals surface area contributed by atoms with Crippen molar-refractivity contribution in [2.75, 3.05) is 7.05 Å². The molecule has 7 heteroatoms. The number of nitrogens with zero attached hydrogens (tertiary/aromatic N) is 3. The first kappa shape index (κ1) is 17.6. The van der Waals surface area contributed by atoms with E-state index in [0.717, 1.165) is 22.6 Å². The highest BCUT2D eigenvalue weighted by Crippen LogP contribution is 2.24.